The molecule has 4 atom stereocenters. The fourth-order valence-corrected chi connectivity index (χ4v) is 4.61. The van der Waals surface area contributed by atoms with Crippen molar-refractivity contribution in [2.45, 2.75) is 98.9 Å². The lowest BCUT2D eigenvalue weighted by Gasteiger charge is -2.40. The molecule has 0 aliphatic rings. The van der Waals surface area contributed by atoms with Crippen LogP contribution in [0.15, 0.2) is 42.5 Å². The van der Waals surface area contributed by atoms with Crippen molar-refractivity contribution < 1.29 is 23.9 Å². The highest BCUT2D eigenvalue weighted by Gasteiger charge is 2.41. The first-order valence-corrected chi connectivity index (χ1v) is 14.1. The number of methoxy groups -OCH3 is 1. The van der Waals surface area contributed by atoms with Gasteiger partial charge in [-0.1, -0.05) is 45.4 Å². The molecule has 0 aliphatic carbocycles. The quantitative estimate of drug-likeness (QED) is 0.329. The number of anilines is 1. The number of benzene rings is 2. The molecule has 0 spiro atoms. The van der Waals surface area contributed by atoms with Crippen molar-refractivity contribution in [1.82, 2.24) is 10.2 Å². The Hall–Kier alpha value is -3.55. The molecule has 0 heterocycles. The number of alkyl carbamates (subject to hydrolysis) is 1. The van der Waals surface area contributed by atoms with Crippen LogP contribution in [0.3, 0.4) is 0 Å². The lowest BCUT2D eigenvalue weighted by Crippen LogP contribution is -2.57. The zero-order chi connectivity index (χ0) is 30.2. The van der Waals surface area contributed by atoms with Crippen molar-refractivity contribution in [1.29, 1.82) is 0 Å². The Morgan fingerprint density at radius 3 is 1.98 bits per heavy atom. The summed E-state index contributed by atoms with van der Waals surface area (Å²) in [4.78, 5) is 43.1. The second-order valence-corrected chi connectivity index (χ2v) is 11.4. The van der Waals surface area contributed by atoms with E-state index >= 15 is 0 Å². The number of hydrogen-bond donors (Lipinski definition) is 2. The maximum absolute atomic E-state index is 14.5. The van der Waals surface area contributed by atoms with Crippen LogP contribution in [0.2, 0.25) is 0 Å². The smallest absolute Gasteiger partial charge is 0.408 e. The number of nitrogens with one attached hydrogen (secondary N) is 2. The summed E-state index contributed by atoms with van der Waals surface area (Å²) in [7, 11) is 1.58. The predicted molar refractivity (Wildman–Crippen MR) is 159 cm³/mol. The van der Waals surface area contributed by atoms with E-state index in [0.717, 1.165) is 16.7 Å². The number of hydrogen-bond acceptors (Lipinski definition) is 5. The molecule has 0 saturated heterocycles. The number of aryl methyl sites for hydroxylation is 2. The van der Waals surface area contributed by atoms with Crippen molar-refractivity contribution in [2.24, 2.45) is 5.92 Å². The number of rotatable bonds is 11. The second-order valence-electron chi connectivity index (χ2n) is 11.4. The molecule has 0 aromatic heterocycles. The van der Waals surface area contributed by atoms with Gasteiger partial charge in [-0.2, -0.15) is 0 Å². The van der Waals surface area contributed by atoms with E-state index < -0.39 is 23.8 Å². The van der Waals surface area contributed by atoms with Gasteiger partial charge in [0.1, 0.15) is 23.4 Å². The van der Waals surface area contributed by atoms with Gasteiger partial charge < -0.3 is 25.0 Å². The van der Waals surface area contributed by atoms with Gasteiger partial charge in [0.25, 0.3) is 5.91 Å². The lowest BCUT2D eigenvalue weighted by atomic mass is 9.90. The van der Waals surface area contributed by atoms with Gasteiger partial charge in [-0.25, -0.2) is 4.79 Å². The zero-order valence-corrected chi connectivity index (χ0v) is 25.8. The van der Waals surface area contributed by atoms with E-state index in [2.05, 4.69) is 10.6 Å². The van der Waals surface area contributed by atoms with Crippen LogP contribution in [-0.4, -0.2) is 47.6 Å². The molecule has 0 radical (unpaired) electrons. The highest BCUT2D eigenvalue weighted by molar-refractivity contribution is 5.99. The number of carbonyl (C=O) groups is 3. The molecule has 3 amide bonds. The predicted octanol–water partition coefficient (Wildman–Crippen LogP) is 6.56. The van der Waals surface area contributed by atoms with Crippen LogP contribution < -0.4 is 15.4 Å². The van der Waals surface area contributed by atoms with E-state index in [1.54, 1.807) is 57.0 Å². The molecular formula is C32H47N3O5. The average Bonchev–Trinajstić information content (AvgIpc) is 2.89. The van der Waals surface area contributed by atoms with Gasteiger partial charge in [0, 0.05) is 11.7 Å². The van der Waals surface area contributed by atoms with Gasteiger partial charge in [-0.05, 0) is 94.8 Å². The zero-order valence-electron chi connectivity index (χ0n) is 25.8. The van der Waals surface area contributed by atoms with Crippen molar-refractivity contribution in [3.63, 3.8) is 0 Å². The average molecular weight is 554 g/mol. The molecule has 8 heteroatoms. The largest absolute Gasteiger partial charge is 0.497 e. The van der Waals surface area contributed by atoms with Crippen molar-refractivity contribution in [3.05, 3.63) is 59.2 Å². The lowest BCUT2D eigenvalue weighted by molar-refractivity contribution is -0.144. The number of nitrogens with zero attached hydrogens (tertiary/aromatic N) is 1. The maximum atomic E-state index is 14.5. The molecule has 8 nitrogen and oxygen atoms in total. The summed E-state index contributed by atoms with van der Waals surface area (Å²) in [6, 6.07) is 10.8. The third kappa shape index (κ3) is 8.47. The summed E-state index contributed by atoms with van der Waals surface area (Å²) in [5, 5.41) is 5.84. The first kappa shape index (κ1) is 32.7. The fourth-order valence-electron chi connectivity index (χ4n) is 4.61. The van der Waals surface area contributed by atoms with Gasteiger partial charge in [0.15, 0.2) is 0 Å². The van der Waals surface area contributed by atoms with Crippen LogP contribution in [0.4, 0.5) is 10.5 Å². The van der Waals surface area contributed by atoms with Crippen molar-refractivity contribution >= 4 is 23.6 Å². The van der Waals surface area contributed by atoms with E-state index in [9.17, 15) is 14.4 Å². The number of carbonyl (C=O) groups excluding carboxylic acids is 3. The molecule has 220 valence electrons. The topological polar surface area (TPSA) is 97.0 Å². The van der Waals surface area contributed by atoms with Crippen LogP contribution >= 0.6 is 0 Å². The van der Waals surface area contributed by atoms with E-state index in [1.165, 1.54) is 0 Å². The van der Waals surface area contributed by atoms with E-state index in [0.29, 0.717) is 24.3 Å². The van der Waals surface area contributed by atoms with Gasteiger partial charge in [0.2, 0.25) is 5.91 Å². The molecular weight excluding hydrogens is 506 g/mol. The Kier molecular flexibility index (Phi) is 11.6. The Bertz CT molecular complexity index is 1140. The summed E-state index contributed by atoms with van der Waals surface area (Å²) in [5.74, 6) is -0.191. The number of ether oxygens (including phenoxy) is 2. The third-order valence-electron chi connectivity index (χ3n) is 7.17. The van der Waals surface area contributed by atoms with Gasteiger partial charge >= 0.3 is 6.09 Å². The molecule has 2 rings (SSSR count). The Morgan fingerprint density at radius 1 is 0.925 bits per heavy atom. The molecule has 40 heavy (non-hydrogen) atoms. The molecule has 4 unspecified atom stereocenters. The fraction of sp³-hybridized carbons (Fsp3) is 0.531. The minimum Gasteiger partial charge on any atom is -0.497 e. The van der Waals surface area contributed by atoms with Crippen LogP contribution in [0.25, 0.3) is 0 Å². The Balaban J connectivity index is 2.64. The van der Waals surface area contributed by atoms with Crippen LogP contribution in [0, 0.1) is 19.8 Å². The van der Waals surface area contributed by atoms with Gasteiger partial charge in [-0.15, -0.1) is 0 Å². The minimum atomic E-state index is -0.933. The highest BCUT2D eigenvalue weighted by Crippen LogP contribution is 2.33. The molecule has 0 aliphatic heterocycles. The Labute approximate surface area is 239 Å². The summed E-state index contributed by atoms with van der Waals surface area (Å²) in [6.45, 7) is 17.0. The van der Waals surface area contributed by atoms with E-state index in [-0.39, 0.29) is 23.8 Å². The first-order chi connectivity index (χ1) is 18.7. The third-order valence-corrected chi connectivity index (χ3v) is 7.17. The van der Waals surface area contributed by atoms with E-state index in [4.69, 9.17) is 9.47 Å². The molecule has 0 fully saturated rings. The molecule has 0 bridgehead atoms. The highest BCUT2D eigenvalue weighted by atomic mass is 16.6. The monoisotopic (exact) mass is 553 g/mol. The van der Waals surface area contributed by atoms with Crippen molar-refractivity contribution in [2.75, 3.05) is 12.4 Å². The van der Waals surface area contributed by atoms with Crippen molar-refractivity contribution in [3.8, 4) is 5.75 Å². The van der Waals surface area contributed by atoms with Gasteiger partial charge in [-0.3, -0.25) is 9.59 Å². The SMILES string of the molecule is CCC(C)C(NC(=O)OC(C)(C)C)C(=O)N(C(C)CC)C(C(=O)Nc1ccc(OC)cc1)c1c(C)cccc1C. The van der Waals surface area contributed by atoms with Gasteiger partial charge in [0.05, 0.1) is 7.11 Å². The second kappa shape index (κ2) is 14.2. The molecule has 2 aromatic carbocycles. The van der Waals surface area contributed by atoms with Crippen LogP contribution in [0.5, 0.6) is 5.75 Å². The maximum Gasteiger partial charge on any atom is 0.408 e. The molecule has 0 saturated carbocycles. The summed E-state index contributed by atoms with van der Waals surface area (Å²) in [5.41, 5.74) is 2.43. The normalized spacial score (nSPS) is 14.3. The molecule has 2 N–H and O–H groups in total. The molecule has 2 aromatic rings. The summed E-state index contributed by atoms with van der Waals surface area (Å²) in [6.07, 6.45) is 0.594. The summed E-state index contributed by atoms with van der Waals surface area (Å²) < 4.78 is 10.7. The number of amides is 3. The van der Waals surface area contributed by atoms with Crippen LogP contribution in [-0.2, 0) is 14.3 Å². The summed E-state index contributed by atoms with van der Waals surface area (Å²) >= 11 is 0. The minimum absolute atomic E-state index is 0.199. The van der Waals surface area contributed by atoms with E-state index in [1.807, 2.05) is 59.7 Å². The standard InChI is InChI=1S/C32H47N3O5/c1-11-20(3)27(34-31(38)40-32(7,8)9)30(37)35(23(6)12-2)28(26-21(4)14-13-15-22(26)5)29(36)33-24-16-18-25(39-10)19-17-24/h13-20,23,27-28H,11-12H2,1-10H3,(H,33,36)(H,34,38). The Morgan fingerprint density at radius 2 is 1.50 bits per heavy atom. The van der Waals surface area contributed by atoms with Crippen LogP contribution in [0.1, 0.15) is 84.0 Å². The first-order valence-electron chi connectivity index (χ1n) is 14.1.